The maximum Gasteiger partial charge on any atom is 0.0281 e. The number of hydrogen-bond acceptors (Lipinski definition) is 2. The molecule has 2 rings (SSSR count). The van der Waals surface area contributed by atoms with Gasteiger partial charge in [-0.2, -0.15) is 0 Å². The summed E-state index contributed by atoms with van der Waals surface area (Å²) in [6.45, 7) is 5.95. The number of rotatable bonds is 3. The summed E-state index contributed by atoms with van der Waals surface area (Å²) < 4.78 is 0. The average molecular weight is 236 g/mol. The average Bonchev–Trinajstić information content (AvgIpc) is 2.34. The van der Waals surface area contributed by atoms with Gasteiger partial charge in [-0.05, 0) is 51.7 Å². The molecule has 17 heavy (non-hydrogen) atoms. The fraction of sp³-hybridized carbons (Fsp3) is 0.867. The third-order valence-electron chi connectivity index (χ3n) is 4.30. The molecule has 0 radical (unpaired) electrons. The first kappa shape index (κ1) is 13.1. The number of nitrogens with one attached hydrogen (secondary N) is 1. The highest BCUT2D eigenvalue weighted by molar-refractivity contribution is 4.98. The Morgan fingerprint density at radius 1 is 1.12 bits per heavy atom. The van der Waals surface area contributed by atoms with Crippen LogP contribution in [0.1, 0.15) is 51.9 Å². The molecule has 1 aliphatic carbocycles. The Morgan fingerprint density at radius 3 is 2.71 bits per heavy atom. The van der Waals surface area contributed by atoms with E-state index in [0.29, 0.717) is 6.04 Å². The normalized spacial score (nSPS) is 29.9. The van der Waals surface area contributed by atoms with Gasteiger partial charge in [0.1, 0.15) is 0 Å². The summed E-state index contributed by atoms with van der Waals surface area (Å²) in [5.41, 5.74) is 0. The van der Waals surface area contributed by atoms with Crippen LogP contribution in [0.4, 0.5) is 0 Å². The number of piperidine rings is 1. The molecule has 1 fully saturated rings. The predicted molar refractivity (Wildman–Crippen MR) is 74.3 cm³/mol. The molecule has 0 spiro atoms. The first-order valence-corrected chi connectivity index (χ1v) is 7.55. The van der Waals surface area contributed by atoms with Gasteiger partial charge < -0.3 is 5.32 Å². The van der Waals surface area contributed by atoms with Gasteiger partial charge in [0.15, 0.2) is 0 Å². The van der Waals surface area contributed by atoms with Crippen molar-refractivity contribution in [3.05, 3.63) is 12.2 Å². The summed E-state index contributed by atoms with van der Waals surface area (Å²) in [7, 11) is 0. The minimum atomic E-state index is 0.711. The van der Waals surface area contributed by atoms with Crippen molar-refractivity contribution in [2.45, 2.75) is 64.0 Å². The minimum Gasteiger partial charge on any atom is -0.317 e. The van der Waals surface area contributed by atoms with E-state index in [9.17, 15) is 0 Å². The number of likely N-dealkylation sites (N-methyl/N-ethyl adjacent to an activating group) is 1. The Bertz CT molecular complexity index is 231. The molecule has 1 unspecified atom stereocenters. The van der Waals surface area contributed by atoms with Crippen LogP contribution in [0.15, 0.2) is 12.2 Å². The summed E-state index contributed by atoms with van der Waals surface area (Å²) in [4.78, 5) is 2.75. The van der Waals surface area contributed by atoms with Crippen LogP contribution in [0.2, 0.25) is 0 Å². The van der Waals surface area contributed by atoms with Gasteiger partial charge in [0.25, 0.3) is 0 Å². The molecule has 0 aromatic heterocycles. The highest BCUT2D eigenvalue weighted by Crippen LogP contribution is 2.21. The Hall–Kier alpha value is -0.340. The van der Waals surface area contributed by atoms with Crippen molar-refractivity contribution in [1.82, 2.24) is 10.2 Å². The second-order valence-electron chi connectivity index (χ2n) is 5.45. The van der Waals surface area contributed by atoms with Crippen LogP contribution < -0.4 is 5.32 Å². The monoisotopic (exact) mass is 236 g/mol. The zero-order valence-corrected chi connectivity index (χ0v) is 11.3. The van der Waals surface area contributed by atoms with E-state index in [-0.39, 0.29) is 0 Å². The molecule has 1 atom stereocenters. The predicted octanol–water partition coefficient (Wildman–Crippen LogP) is 2.95. The van der Waals surface area contributed by atoms with Gasteiger partial charge >= 0.3 is 0 Å². The van der Waals surface area contributed by atoms with E-state index in [0.717, 1.165) is 6.04 Å². The maximum absolute atomic E-state index is 3.47. The highest BCUT2D eigenvalue weighted by atomic mass is 15.2. The van der Waals surface area contributed by atoms with Gasteiger partial charge in [-0.25, -0.2) is 0 Å². The largest absolute Gasteiger partial charge is 0.317 e. The topological polar surface area (TPSA) is 15.3 Å². The van der Waals surface area contributed by atoms with Crippen LogP contribution >= 0.6 is 0 Å². The van der Waals surface area contributed by atoms with Gasteiger partial charge in [-0.1, -0.05) is 31.9 Å². The van der Waals surface area contributed by atoms with E-state index in [1.165, 1.54) is 64.6 Å². The second kappa shape index (κ2) is 7.17. The molecule has 2 nitrogen and oxygen atoms in total. The first-order valence-electron chi connectivity index (χ1n) is 7.55. The van der Waals surface area contributed by atoms with Crippen molar-refractivity contribution in [2.75, 3.05) is 19.6 Å². The van der Waals surface area contributed by atoms with Crippen molar-refractivity contribution in [3.8, 4) is 0 Å². The lowest BCUT2D eigenvalue weighted by atomic mass is 9.97. The SMILES string of the molecule is CCN(C1/C=C/CCCCC1)C1CCNCC1. The zero-order chi connectivity index (χ0) is 11.9. The Morgan fingerprint density at radius 2 is 1.94 bits per heavy atom. The van der Waals surface area contributed by atoms with Crippen LogP contribution in [0.25, 0.3) is 0 Å². The first-order chi connectivity index (χ1) is 8.42. The molecule has 1 N–H and O–H groups in total. The lowest BCUT2D eigenvalue weighted by Gasteiger charge is -2.39. The lowest BCUT2D eigenvalue weighted by Crippen LogP contribution is -2.47. The van der Waals surface area contributed by atoms with Crippen molar-refractivity contribution in [1.29, 1.82) is 0 Å². The zero-order valence-electron chi connectivity index (χ0n) is 11.3. The summed E-state index contributed by atoms with van der Waals surface area (Å²) >= 11 is 0. The van der Waals surface area contributed by atoms with Crippen molar-refractivity contribution < 1.29 is 0 Å². The molecule has 0 saturated carbocycles. The number of allylic oxidation sites excluding steroid dienone is 1. The van der Waals surface area contributed by atoms with Crippen LogP contribution in [0.5, 0.6) is 0 Å². The van der Waals surface area contributed by atoms with Crippen molar-refractivity contribution >= 4 is 0 Å². The van der Waals surface area contributed by atoms with Gasteiger partial charge in [-0.15, -0.1) is 0 Å². The fourth-order valence-electron chi connectivity index (χ4n) is 3.32. The second-order valence-corrected chi connectivity index (χ2v) is 5.45. The molecule has 2 heteroatoms. The fourth-order valence-corrected chi connectivity index (χ4v) is 3.32. The third-order valence-corrected chi connectivity index (χ3v) is 4.30. The Labute approximate surface area is 106 Å². The van der Waals surface area contributed by atoms with Crippen molar-refractivity contribution in [2.24, 2.45) is 0 Å². The van der Waals surface area contributed by atoms with E-state index in [1.807, 2.05) is 0 Å². The molecule has 0 aromatic carbocycles. The van der Waals surface area contributed by atoms with Crippen LogP contribution in [0.3, 0.4) is 0 Å². The smallest absolute Gasteiger partial charge is 0.0281 e. The number of nitrogens with zero attached hydrogens (tertiary/aromatic N) is 1. The lowest BCUT2D eigenvalue weighted by molar-refractivity contribution is 0.130. The molecular weight excluding hydrogens is 208 g/mol. The molecule has 0 amide bonds. The van der Waals surface area contributed by atoms with E-state index >= 15 is 0 Å². The third kappa shape index (κ3) is 3.82. The summed E-state index contributed by atoms with van der Waals surface area (Å²) in [5.74, 6) is 0. The Kier molecular flexibility index (Phi) is 5.53. The van der Waals surface area contributed by atoms with E-state index in [1.54, 1.807) is 0 Å². The standard InChI is InChI=1S/C15H28N2/c1-2-17(15-10-12-16-13-11-15)14-8-6-4-3-5-7-9-14/h6,8,14-16H,2-5,7,9-13H2,1H3/b8-6+. The molecule has 0 aromatic rings. The summed E-state index contributed by atoms with van der Waals surface area (Å²) in [6.07, 6.45) is 14.5. The van der Waals surface area contributed by atoms with Gasteiger partial charge in [0, 0.05) is 12.1 Å². The van der Waals surface area contributed by atoms with Gasteiger partial charge in [0.05, 0.1) is 0 Å². The van der Waals surface area contributed by atoms with Crippen LogP contribution in [-0.2, 0) is 0 Å². The maximum atomic E-state index is 3.47. The molecule has 0 bridgehead atoms. The summed E-state index contributed by atoms with van der Waals surface area (Å²) in [5, 5.41) is 3.47. The van der Waals surface area contributed by atoms with Crippen LogP contribution in [0, 0.1) is 0 Å². The number of hydrogen-bond donors (Lipinski definition) is 1. The van der Waals surface area contributed by atoms with Crippen molar-refractivity contribution in [3.63, 3.8) is 0 Å². The quantitative estimate of drug-likeness (QED) is 0.758. The van der Waals surface area contributed by atoms with Gasteiger partial charge in [-0.3, -0.25) is 4.90 Å². The van der Waals surface area contributed by atoms with Gasteiger partial charge in [0.2, 0.25) is 0 Å². The molecule has 1 saturated heterocycles. The van der Waals surface area contributed by atoms with E-state index < -0.39 is 0 Å². The van der Waals surface area contributed by atoms with E-state index in [4.69, 9.17) is 0 Å². The molecule has 1 heterocycles. The summed E-state index contributed by atoms with van der Waals surface area (Å²) in [6, 6.07) is 1.53. The molecular formula is C15H28N2. The minimum absolute atomic E-state index is 0.711. The molecule has 1 aliphatic heterocycles. The van der Waals surface area contributed by atoms with Crippen LogP contribution in [-0.4, -0.2) is 36.6 Å². The highest BCUT2D eigenvalue weighted by Gasteiger charge is 2.24. The molecule has 2 aliphatic rings. The Balaban J connectivity index is 1.96. The molecule has 98 valence electrons. The van der Waals surface area contributed by atoms with E-state index in [2.05, 4.69) is 29.3 Å².